The van der Waals surface area contributed by atoms with Crippen LogP contribution in [-0.2, 0) is 9.84 Å². The molecule has 0 fully saturated rings. The Balaban J connectivity index is 3.11. The van der Waals surface area contributed by atoms with Gasteiger partial charge in [0.05, 0.1) is 12.6 Å². The highest BCUT2D eigenvalue weighted by Gasteiger charge is 2.31. The molecule has 0 aliphatic carbocycles. The summed E-state index contributed by atoms with van der Waals surface area (Å²) in [4.78, 5) is 0. The fraction of sp³-hybridized carbons (Fsp3) is 0.455. The van der Waals surface area contributed by atoms with Gasteiger partial charge in [-0.25, -0.2) is 12.8 Å². The first-order valence-electron chi connectivity index (χ1n) is 5.26. The van der Waals surface area contributed by atoms with Crippen molar-refractivity contribution in [2.75, 3.05) is 12.4 Å². The predicted molar refractivity (Wildman–Crippen MR) is 63.7 cm³/mol. The zero-order valence-electron chi connectivity index (χ0n) is 9.51. The standard InChI is InChI=1S/C11H16FNO3S/c1-2-17(15,16)10(7-14)11(13)8-5-3-4-6-9(8)12/h3-6,10-11,14H,2,7,13H2,1H3/t10-,11-/m0/s1. The lowest BCUT2D eigenvalue weighted by Gasteiger charge is -2.22. The predicted octanol–water partition coefficient (Wildman–Crippen LogP) is 0.621. The van der Waals surface area contributed by atoms with E-state index in [0.29, 0.717) is 0 Å². The molecule has 0 unspecified atom stereocenters. The Morgan fingerprint density at radius 2 is 2.00 bits per heavy atom. The van der Waals surface area contributed by atoms with Gasteiger partial charge in [-0.15, -0.1) is 0 Å². The Morgan fingerprint density at radius 1 is 1.41 bits per heavy atom. The second kappa shape index (κ2) is 5.57. The van der Waals surface area contributed by atoms with E-state index in [4.69, 9.17) is 10.8 Å². The molecule has 0 heterocycles. The van der Waals surface area contributed by atoms with Crippen molar-refractivity contribution in [2.24, 2.45) is 5.73 Å². The molecule has 0 aromatic heterocycles. The number of hydrogen-bond acceptors (Lipinski definition) is 4. The number of benzene rings is 1. The van der Waals surface area contributed by atoms with E-state index in [9.17, 15) is 12.8 Å². The summed E-state index contributed by atoms with van der Waals surface area (Å²) >= 11 is 0. The van der Waals surface area contributed by atoms with E-state index in [1.54, 1.807) is 6.07 Å². The van der Waals surface area contributed by atoms with Crippen molar-refractivity contribution in [2.45, 2.75) is 18.2 Å². The van der Waals surface area contributed by atoms with Crippen LogP contribution in [0.2, 0.25) is 0 Å². The van der Waals surface area contributed by atoms with Crippen molar-refractivity contribution in [1.29, 1.82) is 0 Å². The highest BCUT2D eigenvalue weighted by molar-refractivity contribution is 7.92. The minimum atomic E-state index is -3.52. The Kier molecular flexibility index (Phi) is 4.62. The minimum absolute atomic E-state index is 0.101. The van der Waals surface area contributed by atoms with E-state index >= 15 is 0 Å². The van der Waals surface area contributed by atoms with Gasteiger partial charge >= 0.3 is 0 Å². The van der Waals surface area contributed by atoms with Gasteiger partial charge in [0.25, 0.3) is 0 Å². The summed E-state index contributed by atoms with van der Waals surface area (Å²) in [7, 11) is -3.52. The topological polar surface area (TPSA) is 80.4 Å². The molecule has 0 saturated heterocycles. The van der Waals surface area contributed by atoms with Crippen LogP contribution in [0.25, 0.3) is 0 Å². The minimum Gasteiger partial charge on any atom is -0.395 e. The molecular weight excluding hydrogens is 245 g/mol. The molecule has 96 valence electrons. The summed E-state index contributed by atoms with van der Waals surface area (Å²) in [6, 6.07) is 4.64. The van der Waals surface area contributed by atoms with E-state index in [2.05, 4.69) is 0 Å². The number of aliphatic hydroxyl groups excluding tert-OH is 1. The van der Waals surface area contributed by atoms with Gasteiger partial charge in [0.15, 0.2) is 9.84 Å². The van der Waals surface area contributed by atoms with Gasteiger partial charge in [-0.1, -0.05) is 25.1 Å². The molecule has 0 bridgehead atoms. The summed E-state index contributed by atoms with van der Waals surface area (Å²) in [5.74, 6) is -0.704. The van der Waals surface area contributed by atoms with E-state index in [-0.39, 0.29) is 11.3 Å². The largest absolute Gasteiger partial charge is 0.395 e. The first-order chi connectivity index (χ1) is 7.94. The van der Waals surface area contributed by atoms with Crippen molar-refractivity contribution < 1.29 is 17.9 Å². The van der Waals surface area contributed by atoms with Crippen molar-refractivity contribution in [3.05, 3.63) is 35.6 Å². The summed E-state index contributed by atoms with van der Waals surface area (Å²) in [6.07, 6.45) is 0. The third-order valence-corrected chi connectivity index (χ3v) is 4.88. The van der Waals surface area contributed by atoms with Gasteiger partial charge in [-0.2, -0.15) is 0 Å². The lowest BCUT2D eigenvalue weighted by Crippen LogP contribution is -2.38. The fourth-order valence-electron chi connectivity index (χ4n) is 1.61. The van der Waals surface area contributed by atoms with Crippen molar-refractivity contribution in [1.82, 2.24) is 0 Å². The van der Waals surface area contributed by atoms with E-state index in [1.165, 1.54) is 25.1 Å². The summed E-state index contributed by atoms with van der Waals surface area (Å²) < 4.78 is 36.9. The first kappa shape index (κ1) is 14.1. The number of hydrogen-bond donors (Lipinski definition) is 2. The number of nitrogens with two attached hydrogens (primary N) is 1. The number of halogens is 1. The van der Waals surface area contributed by atoms with Crippen molar-refractivity contribution in [3.8, 4) is 0 Å². The highest BCUT2D eigenvalue weighted by Crippen LogP contribution is 2.22. The molecule has 4 nitrogen and oxygen atoms in total. The maximum Gasteiger partial charge on any atom is 0.157 e. The van der Waals surface area contributed by atoms with Gasteiger partial charge in [-0.3, -0.25) is 0 Å². The molecule has 17 heavy (non-hydrogen) atoms. The van der Waals surface area contributed by atoms with Crippen LogP contribution in [0.1, 0.15) is 18.5 Å². The zero-order chi connectivity index (χ0) is 13.1. The molecule has 0 radical (unpaired) electrons. The average Bonchev–Trinajstić information content (AvgIpc) is 2.30. The Bertz CT molecular complexity index is 475. The SMILES string of the molecule is CCS(=O)(=O)[C@@H](CO)[C@@H](N)c1ccccc1F. The quantitative estimate of drug-likeness (QED) is 0.814. The second-order valence-electron chi connectivity index (χ2n) is 3.72. The molecule has 1 rings (SSSR count). The lowest BCUT2D eigenvalue weighted by atomic mass is 10.0. The molecule has 0 aliphatic rings. The van der Waals surface area contributed by atoms with Crippen LogP contribution in [0.3, 0.4) is 0 Å². The molecular formula is C11H16FNO3S. The zero-order valence-corrected chi connectivity index (χ0v) is 10.3. The number of aliphatic hydroxyl groups is 1. The third-order valence-electron chi connectivity index (χ3n) is 2.71. The van der Waals surface area contributed by atoms with Gasteiger partial charge < -0.3 is 10.8 Å². The van der Waals surface area contributed by atoms with Crippen LogP contribution in [0.4, 0.5) is 4.39 Å². The number of sulfone groups is 1. The van der Waals surface area contributed by atoms with E-state index in [0.717, 1.165) is 0 Å². The second-order valence-corrected chi connectivity index (χ2v) is 6.23. The van der Waals surface area contributed by atoms with Crippen LogP contribution in [0, 0.1) is 5.82 Å². The monoisotopic (exact) mass is 261 g/mol. The molecule has 0 aliphatic heterocycles. The smallest absolute Gasteiger partial charge is 0.157 e. The van der Waals surface area contributed by atoms with E-state index < -0.39 is 33.6 Å². The maximum absolute atomic E-state index is 13.5. The normalized spacial score (nSPS) is 15.5. The molecule has 0 saturated carbocycles. The summed E-state index contributed by atoms with van der Waals surface area (Å²) in [5, 5.41) is 7.96. The van der Waals surface area contributed by atoms with E-state index in [1.807, 2.05) is 0 Å². The molecule has 6 heteroatoms. The lowest BCUT2D eigenvalue weighted by molar-refractivity contribution is 0.276. The first-order valence-corrected chi connectivity index (χ1v) is 6.98. The van der Waals surface area contributed by atoms with Crippen molar-refractivity contribution in [3.63, 3.8) is 0 Å². The van der Waals surface area contributed by atoms with Gasteiger partial charge in [-0.05, 0) is 6.07 Å². The molecule has 1 aromatic carbocycles. The molecule has 3 N–H and O–H groups in total. The Labute approximate surface area is 100 Å². The molecule has 0 amide bonds. The number of rotatable bonds is 5. The summed E-state index contributed by atoms with van der Waals surface area (Å²) in [6.45, 7) is 0.845. The highest BCUT2D eigenvalue weighted by atomic mass is 32.2. The molecule has 0 spiro atoms. The molecule has 1 aromatic rings. The average molecular weight is 261 g/mol. The van der Waals surface area contributed by atoms with Crippen molar-refractivity contribution >= 4 is 9.84 Å². The van der Waals surface area contributed by atoms with Crippen LogP contribution < -0.4 is 5.73 Å². The van der Waals surface area contributed by atoms with Crippen LogP contribution in [0.15, 0.2) is 24.3 Å². The van der Waals surface area contributed by atoms with Crippen LogP contribution in [0.5, 0.6) is 0 Å². The molecule has 2 atom stereocenters. The summed E-state index contributed by atoms with van der Waals surface area (Å²) in [5.41, 5.74) is 5.83. The third kappa shape index (κ3) is 3.02. The Morgan fingerprint density at radius 3 is 2.47 bits per heavy atom. The van der Waals surface area contributed by atoms with Gasteiger partial charge in [0.2, 0.25) is 0 Å². The van der Waals surface area contributed by atoms with Crippen LogP contribution in [-0.4, -0.2) is 31.1 Å². The fourth-order valence-corrected chi connectivity index (χ4v) is 2.86. The van der Waals surface area contributed by atoms with Gasteiger partial charge in [0.1, 0.15) is 11.1 Å². The van der Waals surface area contributed by atoms with Gasteiger partial charge in [0, 0.05) is 11.3 Å². The maximum atomic E-state index is 13.5. The Hall–Kier alpha value is -0.980. The van der Waals surface area contributed by atoms with Crippen LogP contribution >= 0.6 is 0 Å².